The maximum absolute atomic E-state index is 11.9. The summed E-state index contributed by atoms with van der Waals surface area (Å²) in [5, 5.41) is 14.8. The molecule has 136 valence electrons. The molecular formula is C18H30N2O4. The molecule has 6 nitrogen and oxygen atoms in total. The Morgan fingerprint density at radius 1 is 0.917 bits per heavy atom. The lowest BCUT2D eigenvalue weighted by Gasteiger charge is -2.33. The molecule has 0 aromatic rings. The molecule has 0 atom stereocenters. The minimum absolute atomic E-state index is 0.0702. The molecule has 2 rings (SSSR count). The first-order valence-corrected chi connectivity index (χ1v) is 9.29. The van der Waals surface area contributed by atoms with Crippen molar-refractivity contribution in [3.05, 3.63) is 0 Å². The lowest BCUT2D eigenvalue weighted by atomic mass is 9.74. The van der Waals surface area contributed by atoms with Gasteiger partial charge in [-0.05, 0) is 25.2 Å². The zero-order chi connectivity index (χ0) is 17.4. The third-order valence-corrected chi connectivity index (χ3v) is 5.59. The van der Waals surface area contributed by atoms with Gasteiger partial charge in [0.25, 0.3) is 0 Å². The maximum atomic E-state index is 11.9. The highest BCUT2D eigenvalue weighted by molar-refractivity contribution is 5.85. The van der Waals surface area contributed by atoms with Crippen molar-refractivity contribution in [2.24, 2.45) is 11.3 Å². The van der Waals surface area contributed by atoms with Gasteiger partial charge in [-0.2, -0.15) is 0 Å². The maximum Gasteiger partial charge on any atom is 0.311 e. The molecule has 0 radical (unpaired) electrons. The van der Waals surface area contributed by atoms with Gasteiger partial charge in [0.05, 0.1) is 12.0 Å². The summed E-state index contributed by atoms with van der Waals surface area (Å²) in [6, 6.07) is 0. The average Bonchev–Trinajstić information content (AvgIpc) is 3.10. The summed E-state index contributed by atoms with van der Waals surface area (Å²) in [5.74, 6) is -0.576. The lowest BCUT2D eigenvalue weighted by Crippen LogP contribution is -2.46. The van der Waals surface area contributed by atoms with E-state index in [1.165, 1.54) is 25.7 Å². The first-order chi connectivity index (χ1) is 11.5. The topological polar surface area (TPSA) is 95.5 Å². The van der Waals surface area contributed by atoms with Gasteiger partial charge in [0.2, 0.25) is 11.8 Å². The van der Waals surface area contributed by atoms with Crippen LogP contribution in [0.4, 0.5) is 0 Å². The molecule has 0 aliphatic heterocycles. The van der Waals surface area contributed by atoms with E-state index in [1.807, 2.05) is 0 Å². The third-order valence-electron chi connectivity index (χ3n) is 5.59. The van der Waals surface area contributed by atoms with Crippen molar-refractivity contribution in [2.45, 2.75) is 70.6 Å². The van der Waals surface area contributed by atoms with Crippen LogP contribution in [0.2, 0.25) is 0 Å². The lowest BCUT2D eigenvalue weighted by molar-refractivity contribution is -0.151. The van der Waals surface area contributed by atoms with Crippen molar-refractivity contribution in [1.29, 1.82) is 0 Å². The van der Waals surface area contributed by atoms with Crippen LogP contribution in [-0.2, 0) is 14.4 Å². The molecule has 2 fully saturated rings. The Balaban J connectivity index is 1.64. The molecule has 0 unspecified atom stereocenters. The minimum atomic E-state index is -0.833. The number of nitrogens with one attached hydrogen (secondary N) is 2. The predicted octanol–water partition coefficient (Wildman–Crippen LogP) is 2.22. The van der Waals surface area contributed by atoms with E-state index in [0.29, 0.717) is 25.2 Å². The Hall–Kier alpha value is -1.59. The number of hydrogen-bond donors (Lipinski definition) is 3. The van der Waals surface area contributed by atoms with Gasteiger partial charge in [-0.25, -0.2) is 0 Å². The fourth-order valence-electron chi connectivity index (χ4n) is 3.93. The Morgan fingerprint density at radius 2 is 1.58 bits per heavy atom. The molecule has 2 amide bonds. The van der Waals surface area contributed by atoms with Crippen LogP contribution in [0, 0.1) is 11.3 Å². The molecule has 6 heteroatoms. The van der Waals surface area contributed by atoms with Crippen LogP contribution in [0.25, 0.3) is 0 Å². The summed E-state index contributed by atoms with van der Waals surface area (Å²) in [6.45, 7) is 0.0817. The fraction of sp³-hybridized carbons (Fsp3) is 0.833. The number of carboxylic acid groups (broad SMARTS) is 1. The van der Waals surface area contributed by atoms with Crippen LogP contribution in [0.5, 0.6) is 0 Å². The van der Waals surface area contributed by atoms with E-state index >= 15 is 0 Å². The fourth-order valence-corrected chi connectivity index (χ4v) is 3.93. The number of aliphatic carboxylic acids is 1. The Morgan fingerprint density at radius 3 is 2.21 bits per heavy atom. The Labute approximate surface area is 143 Å². The van der Waals surface area contributed by atoms with E-state index in [9.17, 15) is 19.5 Å². The van der Waals surface area contributed by atoms with Gasteiger partial charge in [-0.1, -0.05) is 44.9 Å². The van der Waals surface area contributed by atoms with Gasteiger partial charge in [0.1, 0.15) is 0 Å². The van der Waals surface area contributed by atoms with Gasteiger partial charge >= 0.3 is 5.97 Å². The molecule has 0 bridgehead atoms. The second-order valence-electron chi connectivity index (χ2n) is 7.39. The molecule has 0 spiro atoms. The average molecular weight is 338 g/mol. The smallest absolute Gasteiger partial charge is 0.311 e. The van der Waals surface area contributed by atoms with Crippen molar-refractivity contribution in [3.63, 3.8) is 0 Å². The van der Waals surface area contributed by atoms with Crippen LogP contribution in [0.1, 0.15) is 70.6 Å². The first-order valence-electron chi connectivity index (χ1n) is 9.29. The molecule has 2 aliphatic rings. The number of amides is 2. The van der Waals surface area contributed by atoms with E-state index in [2.05, 4.69) is 10.6 Å². The highest BCUT2D eigenvalue weighted by atomic mass is 16.4. The number of carbonyl (C=O) groups excluding carboxylic acids is 2. The zero-order valence-corrected chi connectivity index (χ0v) is 14.4. The van der Waals surface area contributed by atoms with Crippen LogP contribution in [0.3, 0.4) is 0 Å². The van der Waals surface area contributed by atoms with E-state index in [0.717, 1.165) is 25.7 Å². The predicted molar refractivity (Wildman–Crippen MR) is 90.4 cm³/mol. The second kappa shape index (κ2) is 9.04. The van der Waals surface area contributed by atoms with Gasteiger partial charge in [-0.3, -0.25) is 14.4 Å². The van der Waals surface area contributed by atoms with Gasteiger partial charge in [-0.15, -0.1) is 0 Å². The summed E-state index contributed by atoms with van der Waals surface area (Å²) in [5.41, 5.74) is -0.833. The summed E-state index contributed by atoms with van der Waals surface area (Å²) < 4.78 is 0. The number of hydrogen-bond acceptors (Lipinski definition) is 3. The minimum Gasteiger partial charge on any atom is -0.481 e. The Kier molecular flexibility index (Phi) is 7.06. The van der Waals surface area contributed by atoms with Crippen molar-refractivity contribution in [1.82, 2.24) is 10.6 Å². The molecule has 0 heterocycles. The normalized spacial score (nSPS) is 20.5. The molecule has 24 heavy (non-hydrogen) atoms. The molecule has 0 aromatic heterocycles. The number of carbonyl (C=O) groups is 3. The zero-order valence-electron chi connectivity index (χ0n) is 14.4. The standard InChI is InChI=1S/C18H30N2O4/c21-15(9-8-14-6-2-3-7-14)19-12-16(22)20-13-18(17(23)24)10-4-1-5-11-18/h14H,1-13H2,(H,19,21)(H,20,22)(H,23,24). The van der Waals surface area contributed by atoms with E-state index < -0.39 is 11.4 Å². The second-order valence-corrected chi connectivity index (χ2v) is 7.39. The van der Waals surface area contributed by atoms with Crippen molar-refractivity contribution in [3.8, 4) is 0 Å². The van der Waals surface area contributed by atoms with E-state index in [1.54, 1.807) is 0 Å². The highest BCUT2D eigenvalue weighted by Crippen LogP contribution is 2.36. The highest BCUT2D eigenvalue weighted by Gasteiger charge is 2.39. The van der Waals surface area contributed by atoms with Gasteiger partial charge in [0, 0.05) is 13.0 Å². The van der Waals surface area contributed by atoms with Crippen molar-refractivity contribution < 1.29 is 19.5 Å². The Bertz CT molecular complexity index is 452. The third kappa shape index (κ3) is 5.49. The molecule has 0 saturated heterocycles. The van der Waals surface area contributed by atoms with Gasteiger partial charge < -0.3 is 15.7 Å². The largest absolute Gasteiger partial charge is 0.481 e. The van der Waals surface area contributed by atoms with Crippen LogP contribution in [0.15, 0.2) is 0 Å². The summed E-state index contributed by atoms with van der Waals surface area (Å²) in [4.78, 5) is 35.2. The first kappa shape index (κ1) is 18.7. The SMILES string of the molecule is O=C(CCC1CCCC1)NCC(=O)NCC1(C(=O)O)CCCCC1. The van der Waals surface area contributed by atoms with Crippen LogP contribution in [-0.4, -0.2) is 36.0 Å². The van der Waals surface area contributed by atoms with E-state index in [4.69, 9.17) is 0 Å². The molecule has 0 aromatic carbocycles. The van der Waals surface area contributed by atoms with Crippen molar-refractivity contribution in [2.75, 3.05) is 13.1 Å². The van der Waals surface area contributed by atoms with Crippen molar-refractivity contribution >= 4 is 17.8 Å². The monoisotopic (exact) mass is 338 g/mol. The quantitative estimate of drug-likeness (QED) is 0.632. The summed E-state index contributed by atoms with van der Waals surface area (Å²) >= 11 is 0. The summed E-state index contributed by atoms with van der Waals surface area (Å²) in [6.07, 6.45) is 10.4. The number of carboxylic acids is 1. The van der Waals surface area contributed by atoms with Crippen LogP contribution >= 0.6 is 0 Å². The van der Waals surface area contributed by atoms with E-state index in [-0.39, 0.29) is 24.9 Å². The molecular weight excluding hydrogens is 308 g/mol. The van der Waals surface area contributed by atoms with Gasteiger partial charge in [0.15, 0.2) is 0 Å². The van der Waals surface area contributed by atoms with Crippen LogP contribution < -0.4 is 10.6 Å². The summed E-state index contributed by atoms with van der Waals surface area (Å²) in [7, 11) is 0. The molecule has 3 N–H and O–H groups in total. The molecule has 2 aliphatic carbocycles. The number of rotatable bonds is 8. The molecule has 2 saturated carbocycles.